The molecule has 1 aromatic carbocycles. The third kappa shape index (κ3) is 4.28. The molecule has 1 saturated heterocycles. The fourth-order valence-electron chi connectivity index (χ4n) is 3.17. The number of amides is 1. The van der Waals surface area contributed by atoms with Crippen LogP contribution in [0.4, 0.5) is 0 Å². The van der Waals surface area contributed by atoms with E-state index in [4.69, 9.17) is 4.74 Å². The molecule has 26 heavy (non-hydrogen) atoms. The minimum atomic E-state index is -0.872. The predicted molar refractivity (Wildman–Crippen MR) is 99.3 cm³/mol. The molecule has 1 aliphatic heterocycles. The van der Waals surface area contributed by atoms with Crippen molar-refractivity contribution in [3.63, 3.8) is 0 Å². The first-order valence-corrected chi connectivity index (χ1v) is 9.49. The molecule has 7 heteroatoms. The summed E-state index contributed by atoms with van der Waals surface area (Å²) < 4.78 is 5.30. The van der Waals surface area contributed by atoms with Crippen LogP contribution in [0.3, 0.4) is 0 Å². The van der Waals surface area contributed by atoms with Crippen molar-refractivity contribution in [2.24, 2.45) is 11.8 Å². The van der Waals surface area contributed by atoms with E-state index in [9.17, 15) is 14.7 Å². The number of ether oxygens (including phenoxy) is 1. The predicted octanol–water partition coefficient (Wildman–Crippen LogP) is 2.98. The van der Waals surface area contributed by atoms with Gasteiger partial charge < -0.3 is 15.2 Å². The Morgan fingerprint density at radius 2 is 2.00 bits per heavy atom. The highest BCUT2D eigenvalue weighted by Gasteiger charge is 2.30. The van der Waals surface area contributed by atoms with E-state index in [1.54, 1.807) is 6.92 Å². The van der Waals surface area contributed by atoms with E-state index in [1.165, 1.54) is 11.3 Å². The highest BCUT2D eigenvalue weighted by atomic mass is 32.1. The number of carboxylic acid groups (broad SMARTS) is 1. The van der Waals surface area contributed by atoms with Crippen molar-refractivity contribution in [1.29, 1.82) is 0 Å². The van der Waals surface area contributed by atoms with Gasteiger partial charge in [-0.2, -0.15) is 0 Å². The van der Waals surface area contributed by atoms with Crippen LogP contribution in [0.2, 0.25) is 0 Å². The number of thiazole rings is 1. The van der Waals surface area contributed by atoms with Crippen LogP contribution in [0.5, 0.6) is 0 Å². The second-order valence-corrected chi connectivity index (χ2v) is 7.40. The largest absolute Gasteiger partial charge is 0.481 e. The molecular weight excluding hydrogens is 352 g/mol. The van der Waals surface area contributed by atoms with Gasteiger partial charge in [0.2, 0.25) is 0 Å². The molecule has 3 rings (SSSR count). The number of aryl methyl sites for hydroxylation is 1. The second kappa shape index (κ2) is 8.42. The molecule has 1 amide bonds. The number of rotatable bonds is 6. The zero-order valence-corrected chi connectivity index (χ0v) is 15.4. The van der Waals surface area contributed by atoms with Crippen LogP contribution < -0.4 is 5.32 Å². The Hall–Kier alpha value is -2.25. The van der Waals surface area contributed by atoms with E-state index in [0.717, 1.165) is 10.6 Å². The van der Waals surface area contributed by atoms with E-state index < -0.39 is 11.9 Å². The van der Waals surface area contributed by atoms with Crippen molar-refractivity contribution in [3.8, 4) is 10.6 Å². The van der Waals surface area contributed by atoms with Gasteiger partial charge in [-0.1, -0.05) is 30.3 Å². The minimum absolute atomic E-state index is 0.0315. The smallest absolute Gasteiger partial charge is 0.308 e. The molecule has 0 spiro atoms. The van der Waals surface area contributed by atoms with Gasteiger partial charge in [-0.25, -0.2) is 4.98 Å². The number of aromatic nitrogens is 1. The van der Waals surface area contributed by atoms with Crippen LogP contribution in [0.15, 0.2) is 30.3 Å². The number of carboxylic acids is 1. The first kappa shape index (κ1) is 18.5. The van der Waals surface area contributed by atoms with Gasteiger partial charge in [0.15, 0.2) is 0 Å². The molecule has 1 unspecified atom stereocenters. The van der Waals surface area contributed by atoms with Crippen molar-refractivity contribution in [2.75, 3.05) is 19.8 Å². The molecule has 1 atom stereocenters. The Labute approximate surface area is 156 Å². The lowest BCUT2D eigenvalue weighted by atomic mass is 9.86. The summed E-state index contributed by atoms with van der Waals surface area (Å²) in [5.41, 5.74) is 1.62. The SMILES string of the molecule is Cc1nc(-c2ccccc2)sc1C(=O)NCC(C(=O)O)C1CCOCC1. The molecule has 1 aromatic heterocycles. The van der Waals surface area contributed by atoms with Crippen LogP contribution in [0, 0.1) is 18.8 Å². The Balaban J connectivity index is 1.67. The summed E-state index contributed by atoms with van der Waals surface area (Å²) in [7, 11) is 0. The molecule has 0 saturated carbocycles. The maximum Gasteiger partial charge on any atom is 0.308 e. The Morgan fingerprint density at radius 3 is 2.65 bits per heavy atom. The summed E-state index contributed by atoms with van der Waals surface area (Å²) >= 11 is 1.33. The summed E-state index contributed by atoms with van der Waals surface area (Å²) in [5.74, 6) is -1.70. The number of hydrogen-bond acceptors (Lipinski definition) is 5. The lowest BCUT2D eigenvalue weighted by Gasteiger charge is -2.27. The first-order valence-electron chi connectivity index (χ1n) is 8.68. The van der Waals surface area contributed by atoms with E-state index in [1.807, 2.05) is 30.3 Å². The number of carbonyl (C=O) groups excluding carboxylic acids is 1. The van der Waals surface area contributed by atoms with Crippen LogP contribution in [-0.4, -0.2) is 41.7 Å². The second-order valence-electron chi connectivity index (χ2n) is 6.40. The summed E-state index contributed by atoms with van der Waals surface area (Å²) in [6, 6.07) is 9.69. The average Bonchev–Trinajstić information content (AvgIpc) is 3.05. The third-order valence-electron chi connectivity index (χ3n) is 4.66. The summed E-state index contributed by atoms with van der Waals surface area (Å²) in [5, 5.41) is 13.1. The van der Waals surface area contributed by atoms with Gasteiger partial charge in [-0.3, -0.25) is 9.59 Å². The Kier molecular flexibility index (Phi) is 6.00. The van der Waals surface area contributed by atoms with Crippen molar-refractivity contribution < 1.29 is 19.4 Å². The van der Waals surface area contributed by atoms with Gasteiger partial charge in [-0.15, -0.1) is 11.3 Å². The summed E-state index contributed by atoms with van der Waals surface area (Å²) in [4.78, 5) is 29.2. The normalized spacial score (nSPS) is 16.2. The quantitative estimate of drug-likeness (QED) is 0.811. The molecule has 1 fully saturated rings. The standard InChI is InChI=1S/C19H22N2O4S/c1-12-16(26-18(21-12)14-5-3-2-4-6-14)17(22)20-11-15(19(23)24)13-7-9-25-10-8-13/h2-6,13,15H,7-11H2,1H3,(H,20,22)(H,23,24). The number of nitrogens with one attached hydrogen (secondary N) is 1. The van der Waals surface area contributed by atoms with Gasteiger partial charge in [0.25, 0.3) is 5.91 Å². The maximum atomic E-state index is 12.6. The van der Waals surface area contributed by atoms with Crippen LogP contribution in [0.25, 0.3) is 10.6 Å². The Bertz CT molecular complexity index is 769. The number of carbonyl (C=O) groups is 2. The molecule has 2 heterocycles. The number of benzene rings is 1. The van der Waals surface area contributed by atoms with Crippen molar-refractivity contribution in [1.82, 2.24) is 10.3 Å². The minimum Gasteiger partial charge on any atom is -0.481 e. The fourth-order valence-corrected chi connectivity index (χ4v) is 4.16. The lowest BCUT2D eigenvalue weighted by Crippen LogP contribution is -2.38. The van der Waals surface area contributed by atoms with Gasteiger partial charge in [0, 0.05) is 25.3 Å². The van der Waals surface area contributed by atoms with E-state index in [0.29, 0.717) is 36.6 Å². The Morgan fingerprint density at radius 1 is 1.31 bits per heavy atom. The molecule has 6 nitrogen and oxygen atoms in total. The molecule has 0 radical (unpaired) electrons. The maximum absolute atomic E-state index is 12.6. The van der Waals surface area contributed by atoms with E-state index >= 15 is 0 Å². The van der Waals surface area contributed by atoms with Crippen molar-refractivity contribution >= 4 is 23.2 Å². The first-order chi connectivity index (χ1) is 12.6. The monoisotopic (exact) mass is 374 g/mol. The lowest BCUT2D eigenvalue weighted by molar-refractivity contribution is -0.144. The van der Waals surface area contributed by atoms with Crippen molar-refractivity contribution in [2.45, 2.75) is 19.8 Å². The van der Waals surface area contributed by atoms with Crippen LogP contribution in [0.1, 0.15) is 28.2 Å². The van der Waals surface area contributed by atoms with Gasteiger partial charge in [-0.05, 0) is 25.7 Å². The topological polar surface area (TPSA) is 88.5 Å². The summed E-state index contributed by atoms with van der Waals surface area (Å²) in [6.07, 6.45) is 1.43. The fraction of sp³-hybridized carbons (Fsp3) is 0.421. The number of aliphatic carboxylic acids is 1. The van der Waals surface area contributed by atoms with Crippen LogP contribution in [-0.2, 0) is 9.53 Å². The zero-order valence-electron chi connectivity index (χ0n) is 14.6. The molecule has 1 aliphatic rings. The third-order valence-corrected chi connectivity index (χ3v) is 5.86. The van der Waals surface area contributed by atoms with Crippen LogP contribution >= 0.6 is 11.3 Å². The van der Waals surface area contributed by atoms with Gasteiger partial charge in [0.1, 0.15) is 9.88 Å². The number of nitrogens with zero attached hydrogens (tertiary/aromatic N) is 1. The van der Waals surface area contributed by atoms with Gasteiger partial charge in [0.05, 0.1) is 11.6 Å². The van der Waals surface area contributed by atoms with Crippen molar-refractivity contribution in [3.05, 3.63) is 40.9 Å². The molecule has 0 bridgehead atoms. The molecule has 2 N–H and O–H groups in total. The average molecular weight is 374 g/mol. The van der Waals surface area contributed by atoms with Gasteiger partial charge >= 0.3 is 5.97 Å². The highest BCUT2D eigenvalue weighted by Crippen LogP contribution is 2.28. The molecular formula is C19H22N2O4S. The van der Waals surface area contributed by atoms with E-state index in [-0.39, 0.29) is 18.4 Å². The van der Waals surface area contributed by atoms with E-state index in [2.05, 4.69) is 10.3 Å². The summed E-state index contributed by atoms with van der Waals surface area (Å²) in [6.45, 7) is 3.08. The molecule has 2 aromatic rings. The zero-order chi connectivity index (χ0) is 18.5. The number of hydrogen-bond donors (Lipinski definition) is 2. The molecule has 0 aliphatic carbocycles. The molecule has 138 valence electrons. The highest BCUT2D eigenvalue weighted by molar-refractivity contribution is 7.17.